The molecule has 15 nitrogen and oxygen atoms in total. The van der Waals surface area contributed by atoms with Gasteiger partial charge in [0.2, 0.25) is 23.6 Å². The molecule has 0 spiro atoms. The van der Waals surface area contributed by atoms with E-state index in [2.05, 4.69) is 16.0 Å². The molecule has 15 heteroatoms. The third-order valence-electron chi connectivity index (χ3n) is 5.73. The number of benzene rings is 1. The van der Waals surface area contributed by atoms with Crippen LogP contribution in [0.5, 0.6) is 0 Å². The standard InChI is InChI=1S/C26H37N5O10/c1-14(2)10-17(28-20(32)13-27)24(38)30-18(11-15-6-4-3-5-7-15)25(39)29-16(8-9-21(33)34)23(37)31-19(26(40)41)12-22(35)36/h3-7,14,16-19H,8-13,27H2,1-2H3,(H,28,32)(H,29,39)(H,30,38)(H,31,37)(H,33,34)(H,35,36)(H,40,41)/t16-,17-,18-,19-/m0/s1. The average molecular weight is 580 g/mol. The molecule has 0 aliphatic carbocycles. The predicted molar refractivity (Wildman–Crippen MR) is 143 cm³/mol. The van der Waals surface area contributed by atoms with Gasteiger partial charge in [0.15, 0.2) is 0 Å². The maximum absolute atomic E-state index is 13.4. The van der Waals surface area contributed by atoms with Gasteiger partial charge in [-0.2, -0.15) is 0 Å². The SMILES string of the molecule is CC(C)C[C@H](NC(=O)CN)C(=O)N[C@@H](Cc1ccccc1)C(=O)N[C@@H](CCC(=O)O)C(=O)N[C@@H](CC(=O)O)C(=O)O. The van der Waals surface area contributed by atoms with Gasteiger partial charge in [-0.05, 0) is 24.3 Å². The van der Waals surface area contributed by atoms with Crippen LogP contribution in [0, 0.1) is 5.92 Å². The van der Waals surface area contributed by atoms with Crippen LogP contribution in [0.25, 0.3) is 0 Å². The Morgan fingerprint density at radius 1 is 0.732 bits per heavy atom. The van der Waals surface area contributed by atoms with Crippen molar-refractivity contribution in [1.29, 1.82) is 0 Å². The van der Waals surface area contributed by atoms with Crippen molar-refractivity contribution < 1.29 is 48.9 Å². The number of hydrogen-bond donors (Lipinski definition) is 8. The van der Waals surface area contributed by atoms with Crippen LogP contribution in [0.2, 0.25) is 0 Å². The van der Waals surface area contributed by atoms with Crippen molar-refractivity contribution in [2.24, 2.45) is 11.7 Å². The second-order valence-corrected chi connectivity index (χ2v) is 9.70. The number of nitrogens with two attached hydrogens (primary N) is 1. The van der Waals surface area contributed by atoms with Gasteiger partial charge in [-0.3, -0.25) is 28.8 Å². The lowest BCUT2D eigenvalue weighted by molar-refractivity contribution is -0.147. The van der Waals surface area contributed by atoms with E-state index in [1.165, 1.54) is 0 Å². The van der Waals surface area contributed by atoms with Gasteiger partial charge in [0, 0.05) is 12.8 Å². The molecule has 0 bridgehead atoms. The zero-order valence-electron chi connectivity index (χ0n) is 22.8. The number of nitrogens with one attached hydrogen (secondary N) is 4. The molecule has 4 amide bonds. The van der Waals surface area contributed by atoms with Gasteiger partial charge >= 0.3 is 17.9 Å². The molecule has 4 atom stereocenters. The first-order chi connectivity index (χ1) is 19.2. The van der Waals surface area contributed by atoms with Crippen LogP contribution in [0.15, 0.2) is 30.3 Å². The Hall–Kier alpha value is -4.53. The molecule has 0 heterocycles. The number of carbonyl (C=O) groups is 7. The molecule has 0 saturated heterocycles. The topological polar surface area (TPSA) is 254 Å². The first-order valence-corrected chi connectivity index (χ1v) is 12.8. The maximum Gasteiger partial charge on any atom is 0.326 e. The van der Waals surface area contributed by atoms with E-state index < -0.39 is 85.0 Å². The fourth-order valence-electron chi connectivity index (χ4n) is 3.74. The molecule has 0 aliphatic rings. The minimum atomic E-state index is -1.84. The highest BCUT2D eigenvalue weighted by molar-refractivity contribution is 5.95. The highest BCUT2D eigenvalue weighted by Gasteiger charge is 2.32. The van der Waals surface area contributed by atoms with Crippen molar-refractivity contribution in [3.8, 4) is 0 Å². The van der Waals surface area contributed by atoms with Gasteiger partial charge in [-0.1, -0.05) is 44.2 Å². The molecule has 0 aliphatic heterocycles. The van der Waals surface area contributed by atoms with Crippen LogP contribution < -0.4 is 27.0 Å². The summed E-state index contributed by atoms with van der Waals surface area (Å²) in [5, 5.41) is 36.7. The molecule has 226 valence electrons. The van der Waals surface area contributed by atoms with Crippen molar-refractivity contribution in [2.45, 2.75) is 70.1 Å². The second kappa shape index (κ2) is 17.2. The third-order valence-corrected chi connectivity index (χ3v) is 5.73. The van der Waals surface area contributed by atoms with Crippen molar-refractivity contribution in [2.75, 3.05) is 6.54 Å². The first-order valence-electron chi connectivity index (χ1n) is 12.8. The third kappa shape index (κ3) is 13.4. The van der Waals surface area contributed by atoms with Gasteiger partial charge in [-0.15, -0.1) is 0 Å². The Morgan fingerprint density at radius 2 is 1.27 bits per heavy atom. The molecule has 0 saturated carbocycles. The van der Waals surface area contributed by atoms with E-state index in [4.69, 9.17) is 15.9 Å². The number of rotatable bonds is 18. The average Bonchev–Trinajstić information content (AvgIpc) is 2.89. The molecule has 0 aromatic heterocycles. The van der Waals surface area contributed by atoms with Gasteiger partial charge in [0.05, 0.1) is 13.0 Å². The lowest BCUT2D eigenvalue weighted by Gasteiger charge is -2.26. The van der Waals surface area contributed by atoms with E-state index in [0.29, 0.717) is 5.56 Å². The van der Waals surface area contributed by atoms with Crippen LogP contribution in [0.4, 0.5) is 0 Å². The molecule has 0 radical (unpaired) electrons. The molecule has 1 aromatic carbocycles. The number of aliphatic carboxylic acids is 3. The summed E-state index contributed by atoms with van der Waals surface area (Å²) in [6.07, 6.45) is -1.84. The predicted octanol–water partition coefficient (Wildman–Crippen LogP) is -1.40. The fourth-order valence-corrected chi connectivity index (χ4v) is 3.74. The van der Waals surface area contributed by atoms with E-state index in [0.717, 1.165) is 0 Å². The Labute approximate surface area is 236 Å². The molecule has 0 fully saturated rings. The van der Waals surface area contributed by atoms with E-state index in [9.17, 15) is 38.7 Å². The van der Waals surface area contributed by atoms with Gasteiger partial charge in [0.1, 0.15) is 24.2 Å². The van der Waals surface area contributed by atoms with Crippen molar-refractivity contribution in [1.82, 2.24) is 21.3 Å². The summed E-state index contributed by atoms with van der Waals surface area (Å²) in [6, 6.07) is 2.76. The van der Waals surface area contributed by atoms with Crippen LogP contribution in [-0.2, 0) is 40.0 Å². The number of carboxylic acid groups (broad SMARTS) is 3. The lowest BCUT2D eigenvalue weighted by atomic mass is 10.0. The lowest BCUT2D eigenvalue weighted by Crippen LogP contribution is -2.58. The Balaban J connectivity index is 3.26. The largest absolute Gasteiger partial charge is 0.481 e. The molecular weight excluding hydrogens is 542 g/mol. The molecule has 0 unspecified atom stereocenters. The summed E-state index contributed by atoms with van der Waals surface area (Å²) in [5.74, 6) is -7.79. The molecule has 41 heavy (non-hydrogen) atoms. The van der Waals surface area contributed by atoms with Crippen LogP contribution in [-0.4, -0.2) is 87.6 Å². The Morgan fingerprint density at radius 3 is 1.78 bits per heavy atom. The Kier molecular flexibility index (Phi) is 14.5. The van der Waals surface area contributed by atoms with Crippen molar-refractivity contribution in [3.05, 3.63) is 35.9 Å². The zero-order chi connectivity index (χ0) is 31.1. The Bertz CT molecular complexity index is 1100. The van der Waals surface area contributed by atoms with Gasteiger partial charge < -0.3 is 42.3 Å². The summed E-state index contributed by atoms with van der Waals surface area (Å²) in [6.45, 7) is 3.28. The number of amides is 4. The molecule has 1 aromatic rings. The van der Waals surface area contributed by atoms with E-state index in [-0.39, 0.29) is 25.3 Å². The summed E-state index contributed by atoms with van der Waals surface area (Å²) < 4.78 is 0. The maximum atomic E-state index is 13.4. The van der Waals surface area contributed by atoms with Crippen molar-refractivity contribution in [3.63, 3.8) is 0 Å². The first kappa shape index (κ1) is 34.5. The number of carbonyl (C=O) groups excluding carboxylic acids is 4. The van der Waals surface area contributed by atoms with Gasteiger partial charge in [0.25, 0.3) is 0 Å². The summed E-state index contributed by atoms with van der Waals surface area (Å²) in [5.41, 5.74) is 5.98. The molecule has 1 rings (SSSR count). The highest BCUT2D eigenvalue weighted by atomic mass is 16.4. The van der Waals surface area contributed by atoms with Crippen molar-refractivity contribution >= 4 is 41.5 Å². The van der Waals surface area contributed by atoms with E-state index >= 15 is 0 Å². The smallest absolute Gasteiger partial charge is 0.326 e. The summed E-state index contributed by atoms with van der Waals surface area (Å²) in [7, 11) is 0. The minimum Gasteiger partial charge on any atom is -0.481 e. The summed E-state index contributed by atoms with van der Waals surface area (Å²) >= 11 is 0. The van der Waals surface area contributed by atoms with E-state index in [1.54, 1.807) is 30.3 Å². The normalized spacial score (nSPS) is 13.7. The van der Waals surface area contributed by atoms with Crippen LogP contribution >= 0.6 is 0 Å². The number of hydrogen-bond acceptors (Lipinski definition) is 8. The monoisotopic (exact) mass is 579 g/mol. The van der Waals surface area contributed by atoms with Crippen LogP contribution in [0.3, 0.4) is 0 Å². The fraction of sp³-hybridized carbons (Fsp3) is 0.500. The zero-order valence-corrected chi connectivity index (χ0v) is 22.8. The minimum absolute atomic E-state index is 0.0256. The molecular formula is C26H37N5O10. The number of carboxylic acids is 3. The molecule has 9 N–H and O–H groups in total. The van der Waals surface area contributed by atoms with Crippen LogP contribution in [0.1, 0.15) is 45.1 Å². The van der Waals surface area contributed by atoms with Gasteiger partial charge in [-0.25, -0.2) is 4.79 Å². The second-order valence-electron chi connectivity index (χ2n) is 9.70. The van der Waals surface area contributed by atoms with E-state index in [1.807, 2.05) is 19.2 Å². The quantitative estimate of drug-likeness (QED) is 0.100. The summed E-state index contributed by atoms with van der Waals surface area (Å²) in [4.78, 5) is 84.9. The highest BCUT2D eigenvalue weighted by Crippen LogP contribution is 2.09.